The van der Waals surface area contributed by atoms with E-state index in [1.807, 2.05) is 12.1 Å². The molecule has 1 amide bonds. The zero-order chi connectivity index (χ0) is 20.1. The number of hydrogen-bond acceptors (Lipinski definition) is 6. The molecule has 164 valence electrons. The number of aromatic amines is 1. The molecule has 10 nitrogen and oxygen atoms in total. The molecule has 0 unspecified atom stereocenters. The molecule has 30 heavy (non-hydrogen) atoms. The standard InChI is InChI=1S/C19H28N8O2.HI/c1-20-19(21-7-6-16-23-18(25-24-16)15-3-2-12-29-15)27-10-8-26(9-11-27)13-17(28)22-14-4-5-14;/h2-3,12,14H,4-11,13H2,1H3,(H,20,21)(H,22,28)(H,23,24,25);1H. The molecule has 1 saturated carbocycles. The number of aliphatic imine (C=N–C) groups is 1. The second-order valence-electron chi connectivity index (χ2n) is 7.41. The Balaban J connectivity index is 0.00000256. The lowest BCUT2D eigenvalue weighted by Crippen LogP contribution is -2.54. The number of nitrogens with one attached hydrogen (secondary N) is 3. The number of furan rings is 1. The molecule has 0 atom stereocenters. The SMILES string of the molecule is CN=C(NCCc1nc(-c2ccco2)n[nH]1)N1CCN(CC(=O)NC2CC2)CC1.I. The first-order chi connectivity index (χ1) is 14.2. The van der Waals surface area contributed by atoms with Gasteiger partial charge in [0.15, 0.2) is 11.7 Å². The Labute approximate surface area is 192 Å². The van der Waals surface area contributed by atoms with Crippen molar-refractivity contribution in [3.8, 4) is 11.6 Å². The topological polar surface area (TPSA) is 115 Å². The molecule has 0 spiro atoms. The van der Waals surface area contributed by atoms with Gasteiger partial charge in [-0.15, -0.1) is 24.0 Å². The maximum atomic E-state index is 12.0. The summed E-state index contributed by atoms with van der Waals surface area (Å²) in [6.45, 7) is 4.59. The van der Waals surface area contributed by atoms with E-state index in [2.05, 4.69) is 40.6 Å². The number of guanidine groups is 1. The van der Waals surface area contributed by atoms with Crippen molar-refractivity contribution in [2.75, 3.05) is 46.3 Å². The molecule has 11 heteroatoms. The van der Waals surface area contributed by atoms with Gasteiger partial charge in [-0.25, -0.2) is 4.98 Å². The van der Waals surface area contributed by atoms with Crippen LogP contribution in [0.5, 0.6) is 0 Å². The first kappa shape index (κ1) is 22.5. The van der Waals surface area contributed by atoms with Crippen molar-refractivity contribution in [3.63, 3.8) is 0 Å². The van der Waals surface area contributed by atoms with Crippen LogP contribution in [-0.2, 0) is 11.2 Å². The normalized spacial score (nSPS) is 17.5. The molecule has 0 bridgehead atoms. The number of halogens is 1. The zero-order valence-corrected chi connectivity index (χ0v) is 19.5. The second kappa shape index (κ2) is 10.8. The monoisotopic (exact) mass is 528 g/mol. The van der Waals surface area contributed by atoms with Crippen molar-refractivity contribution < 1.29 is 9.21 Å². The van der Waals surface area contributed by atoms with Crippen LogP contribution in [-0.4, -0.2) is 89.2 Å². The maximum absolute atomic E-state index is 12.0. The average molecular weight is 528 g/mol. The molecule has 0 radical (unpaired) electrons. The van der Waals surface area contributed by atoms with Crippen LogP contribution in [0.4, 0.5) is 0 Å². The lowest BCUT2D eigenvalue weighted by atomic mass is 10.3. The van der Waals surface area contributed by atoms with Gasteiger partial charge in [0.05, 0.1) is 12.8 Å². The zero-order valence-electron chi connectivity index (χ0n) is 17.1. The van der Waals surface area contributed by atoms with Crippen LogP contribution in [0, 0.1) is 0 Å². The van der Waals surface area contributed by atoms with E-state index in [0.29, 0.717) is 37.1 Å². The first-order valence-corrected chi connectivity index (χ1v) is 10.1. The van der Waals surface area contributed by atoms with E-state index < -0.39 is 0 Å². The van der Waals surface area contributed by atoms with E-state index in [1.165, 1.54) is 0 Å². The summed E-state index contributed by atoms with van der Waals surface area (Å²) in [5.74, 6) is 3.03. The Bertz CT molecular complexity index is 825. The molecule has 1 aliphatic heterocycles. The smallest absolute Gasteiger partial charge is 0.234 e. The quantitative estimate of drug-likeness (QED) is 0.276. The fourth-order valence-corrected chi connectivity index (χ4v) is 3.37. The summed E-state index contributed by atoms with van der Waals surface area (Å²) in [6, 6.07) is 4.07. The van der Waals surface area contributed by atoms with Gasteiger partial charge < -0.3 is 20.0 Å². The predicted octanol–water partition coefficient (Wildman–Crippen LogP) is 0.697. The van der Waals surface area contributed by atoms with Crippen LogP contribution < -0.4 is 10.6 Å². The molecule has 2 aliphatic rings. The highest BCUT2D eigenvalue weighted by Gasteiger charge is 2.25. The van der Waals surface area contributed by atoms with Crippen LogP contribution in [0.3, 0.4) is 0 Å². The van der Waals surface area contributed by atoms with Crippen molar-refractivity contribution >= 4 is 35.8 Å². The third kappa shape index (κ3) is 6.17. The van der Waals surface area contributed by atoms with Gasteiger partial charge in [-0.05, 0) is 25.0 Å². The van der Waals surface area contributed by atoms with E-state index in [9.17, 15) is 4.79 Å². The highest BCUT2D eigenvalue weighted by atomic mass is 127. The third-order valence-electron chi connectivity index (χ3n) is 5.11. The highest BCUT2D eigenvalue weighted by Crippen LogP contribution is 2.18. The van der Waals surface area contributed by atoms with Crippen molar-refractivity contribution in [1.29, 1.82) is 0 Å². The number of amides is 1. The van der Waals surface area contributed by atoms with E-state index in [4.69, 9.17) is 4.42 Å². The molecule has 0 aromatic carbocycles. The Hall–Kier alpha value is -2.15. The number of rotatable bonds is 7. The summed E-state index contributed by atoms with van der Waals surface area (Å²) in [5.41, 5.74) is 0. The van der Waals surface area contributed by atoms with Crippen LogP contribution in [0.1, 0.15) is 18.7 Å². The van der Waals surface area contributed by atoms with Crippen molar-refractivity contribution in [3.05, 3.63) is 24.2 Å². The number of piperazine rings is 1. The minimum Gasteiger partial charge on any atom is -0.461 e. The lowest BCUT2D eigenvalue weighted by molar-refractivity contribution is -0.122. The summed E-state index contributed by atoms with van der Waals surface area (Å²) < 4.78 is 5.31. The van der Waals surface area contributed by atoms with Crippen LogP contribution in [0.2, 0.25) is 0 Å². The summed E-state index contributed by atoms with van der Waals surface area (Å²) >= 11 is 0. The van der Waals surface area contributed by atoms with Gasteiger partial charge in [-0.2, -0.15) is 5.10 Å². The number of aromatic nitrogens is 3. The number of carbonyl (C=O) groups excluding carboxylic acids is 1. The van der Waals surface area contributed by atoms with Crippen LogP contribution in [0.25, 0.3) is 11.6 Å². The van der Waals surface area contributed by atoms with E-state index in [0.717, 1.165) is 50.8 Å². The summed E-state index contributed by atoms with van der Waals surface area (Å²) in [4.78, 5) is 25.2. The molecule has 4 rings (SSSR count). The molecule has 3 N–H and O–H groups in total. The molecule has 3 heterocycles. The maximum Gasteiger partial charge on any atom is 0.234 e. The number of nitrogens with zero attached hydrogens (tertiary/aromatic N) is 5. The largest absolute Gasteiger partial charge is 0.461 e. The molecule has 1 saturated heterocycles. The average Bonchev–Trinajstić information content (AvgIpc) is 3.19. The fraction of sp³-hybridized carbons (Fsp3) is 0.579. The molecule has 2 fully saturated rings. The Kier molecular flexibility index (Phi) is 8.08. The van der Waals surface area contributed by atoms with Gasteiger partial charge in [0, 0.05) is 52.2 Å². The molecule has 1 aliphatic carbocycles. The summed E-state index contributed by atoms with van der Waals surface area (Å²) in [7, 11) is 1.79. The predicted molar refractivity (Wildman–Crippen MR) is 124 cm³/mol. The van der Waals surface area contributed by atoms with Crippen molar-refractivity contribution in [2.24, 2.45) is 4.99 Å². The molecular weight excluding hydrogens is 499 g/mol. The summed E-state index contributed by atoms with van der Waals surface area (Å²) in [6.07, 6.45) is 4.56. The molecular formula is C19H29IN8O2. The van der Waals surface area contributed by atoms with Crippen LogP contribution >= 0.6 is 24.0 Å². The van der Waals surface area contributed by atoms with E-state index in [1.54, 1.807) is 13.3 Å². The molecule has 2 aromatic heterocycles. The van der Waals surface area contributed by atoms with E-state index >= 15 is 0 Å². The molecule has 2 aromatic rings. The van der Waals surface area contributed by atoms with Gasteiger partial charge in [-0.1, -0.05) is 0 Å². The first-order valence-electron chi connectivity index (χ1n) is 10.1. The van der Waals surface area contributed by atoms with Gasteiger partial charge in [0.1, 0.15) is 5.82 Å². The summed E-state index contributed by atoms with van der Waals surface area (Å²) in [5, 5.41) is 13.6. The Morgan fingerprint density at radius 1 is 1.33 bits per heavy atom. The van der Waals surface area contributed by atoms with Gasteiger partial charge >= 0.3 is 0 Å². The van der Waals surface area contributed by atoms with Crippen molar-refractivity contribution in [1.82, 2.24) is 35.6 Å². The number of hydrogen-bond donors (Lipinski definition) is 3. The van der Waals surface area contributed by atoms with E-state index in [-0.39, 0.29) is 29.9 Å². The number of carbonyl (C=O) groups is 1. The van der Waals surface area contributed by atoms with Gasteiger partial charge in [-0.3, -0.25) is 19.8 Å². The van der Waals surface area contributed by atoms with Gasteiger partial charge in [0.2, 0.25) is 11.7 Å². The Morgan fingerprint density at radius 2 is 2.13 bits per heavy atom. The van der Waals surface area contributed by atoms with Crippen LogP contribution in [0.15, 0.2) is 27.8 Å². The highest BCUT2D eigenvalue weighted by molar-refractivity contribution is 14.0. The lowest BCUT2D eigenvalue weighted by Gasteiger charge is -2.36. The van der Waals surface area contributed by atoms with Crippen molar-refractivity contribution in [2.45, 2.75) is 25.3 Å². The Morgan fingerprint density at radius 3 is 2.80 bits per heavy atom. The van der Waals surface area contributed by atoms with Gasteiger partial charge in [0.25, 0.3) is 0 Å². The second-order valence-corrected chi connectivity index (χ2v) is 7.41. The fourth-order valence-electron chi connectivity index (χ4n) is 3.37. The minimum absolute atomic E-state index is 0. The number of H-pyrrole nitrogens is 1. The third-order valence-corrected chi connectivity index (χ3v) is 5.11. The minimum atomic E-state index is 0.